The van der Waals surface area contributed by atoms with Crippen LogP contribution in [0.3, 0.4) is 0 Å². The third-order valence-corrected chi connectivity index (χ3v) is 3.36. The summed E-state index contributed by atoms with van der Waals surface area (Å²) in [5, 5.41) is 3.34. The number of hydrogen-bond donors (Lipinski definition) is 2. The third kappa shape index (κ3) is 3.32. The van der Waals surface area contributed by atoms with Crippen LogP contribution in [0.1, 0.15) is 38.2 Å². The van der Waals surface area contributed by atoms with E-state index >= 15 is 0 Å². The minimum Gasteiger partial charge on any atom is -0.383 e. The number of ether oxygens (including phenoxy) is 1. The number of nitrogens with two attached hydrogens (primary N) is 1. The molecule has 3 N–H and O–H groups in total. The minimum absolute atomic E-state index is 0.399. The molecule has 2 heterocycles. The lowest BCUT2D eigenvalue weighted by atomic mass is 10.1. The second-order valence-corrected chi connectivity index (χ2v) is 4.64. The van der Waals surface area contributed by atoms with Crippen molar-refractivity contribution in [1.82, 2.24) is 9.97 Å². The first kappa shape index (κ1) is 13.1. The van der Waals surface area contributed by atoms with Gasteiger partial charge in [-0.3, -0.25) is 0 Å². The topological polar surface area (TPSA) is 73.1 Å². The molecule has 100 valence electrons. The molecule has 18 heavy (non-hydrogen) atoms. The maximum atomic E-state index is 5.83. The van der Waals surface area contributed by atoms with Gasteiger partial charge in [0.05, 0.1) is 6.10 Å². The predicted octanol–water partition coefficient (Wildman–Crippen LogP) is 1.99. The van der Waals surface area contributed by atoms with Crippen molar-refractivity contribution in [2.24, 2.45) is 0 Å². The Kier molecular flexibility index (Phi) is 4.75. The van der Waals surface area contributed by atoms with Gasteiger partial charge in [-0.1, -0.05) is 6.92 Å². The highest BCUT2D eigenvalue weighted by Crippen LogP contribution is 2.19. The molecule has 0 amide bonds. The van der Waals surface area contributed by atoms with E-state index in [2.05, 4.69) is 22.2 Å². The number of nitrogens with zero attached hydrogens (tertiary/aromatic N) is 2. The van der Waals surface area contributed by atoms with Gasteiger partial charge in [0.1, 0.15) is 18.0 Å². The fourth-order valence-corrected chi connectivity index (χ4v) is 2.31. The van der Waals surface area contributed by atoms with Crippen LogP contribution in [0.25, 0.3) is 0 Å². The molecule has 0 saturated carbocycles. The SMILES string of the molecule is CCc1c(N)ncnc1NCCC1CCCCO1. The average molecular weight is 250 g/mol. The lowest BCUT2D eigenvalue weighted by Crippen LogP contribution is -2.22. The Labute approximate surface area is 108 Å². The molecular weight excluding hydrogens is 228 g/mol. The number of nitrogen functional groups attached to an aromatic ring is 1. The Hall–Kier alpha value is -1.36. The maximum Gasteiger partial charge on any atom is 0.134 e. The molecular formula is C13H22N4O. The summed E-state index contributed by atoms with van der Waals surface area (Å²) in [5.41, 5.74) is 6.83. The van der Waals surface area contributed by atoms with Crippen molar-refractivity contribution in [3.63, 3.8) is 0 Å². The van der Waals surface area contributed by atoms with Gasteiger partial charge in [-0.2, -0.15) is 0 Å². The van der Waals surface area contributed by atoms with Crippen molar-refractivity contribution in [3.8, 4) is 0 Å². The van der Waals surface area contributed by atoms with E-state index in [-0.39, 0.29) is 0 Å². The van der Waals surface area contributed by atoms with Gasteiger partial charge in [0.15, 0.2) is 0 Å². The van der Waals surface area contributed by atoms with E-state index < -0.39 is 0 Å². The zero-order valence-corrected chi connectivity index (χ0v) is 11.0. The Balaban J connectivity index is 1.84. The summed E-state index contributed by atoms with van der Waals surface area (Å²) in [5.74, 6) is 1.43. The van der Waals surface area contributed by atoms with Crippen LogP contribution < -0.4 is 11.1 Å². The van der Waals surface area contributed by atoms with Crippen molar-refractivity contribution >= 4 is 11.6 Å². The molecule has 1 fully saturated rings. The fourth-order valence-electron chi connectivity index (χ4n) is 2.31. The molecule has 5 nitrogen and oxygen atoms in total. The zero-order valence-electron chi connectivity index (χ0n) is 11.0. The Bertz CT molecular complexity index is 377. The molecule has 0 bridgehead atoms. The van der Waals surface area contributed by atoms with Crippen LogP contribution >= 0.6 is 0 Å². The average Bonchev–Trinajstić information content (AvgIpc) is 2.40. The molecule has 1 atom stereocenters. The van der Waals surface area contributed by atoms with E-state index in [4.69, 9.17) is 10.5 Å². The van der Waals surface area contributed by atoms with E-state index in [1.165, 1.54) is 25.6 Å². The summed E-state index contributed by atoms with van der Waals surface area (Å²) in [4.78, 5) is 8.26. The van der Waals surface area contributed by atoms with E-state index in [0.29, 0.717) is 11.9 Å². The molecule has 1 aliphatic rings. The van der Waals surface area contributed by atoms with Crippen molar-refractivity contribution in [3.05, 3.63) is 11.9 Å². The van der Waals surface area contributed by atoms with Gasteiger partial charge < -0.3 is 15.8 Å². The molecule has 0 radical (unpaired) electrons. The Morgan fingerprint density at radius 3 is 3.06 bits per heavy atom. The number of aromatic nitrogens is 2. The lowest BCUT2D eigenvalue weighted by Gasteiger charge is -2.22. The highest BCUT2D eigenvalue weighted by atomic mass is 16.5. The Morgan fingerprint density at radius 2 is 2.33 bits per heavy atom. The summed E-state index contributed by atoms with van der Waals surface area (Å²) >= 11 is 0. The molecule has 0 spiro atoms. The molecule has 0 aliphatic carbocycles. The fraction of sp³-hybridized carbons (Fsp3) is 0.692. The monoisotopic (exact) mass is 250 g/mol. The molecule has 5 heteroatoms. The van der Waals surface area contributed by atoms with Gasteiger partial charge >= 0.3 is 0 Å². The number of rotatable bonds is 5. The van der Waals surface area contributed by atoms with Crippen LogP contribution in [0.5, 0.6) is 0 Å². The van der Waals surface area contributed by atoms with Crippen LogP contribution in [-0.2, 0) is 11.2 Å². The van der Waals surface area contributed by atoms with Crippen molar-refractivity contribution in [1.29, 1.82) is 0 Å². The molecule has 1 aliphatic heterocycles. The first-order chi connectivity index (χ1) is 8.81. The van der Waals surface area contributed by atoms with E-state index in [0.717, 1.165) is 37.4 Å². The molecule has 1 saturated heterocycles. The van der Waals surface area contributed by atoms with E-state index in [1.54, 1.807) is 0 Å². The van der Waals surface area contributed by atoms with E-state index in [1.807, 2.05) is 0 Å². The van der Waals surface area contributed by atoms with Gasteiger partial charge in [0.2, 0.25) is 0 Å². The highest BCUT2D eigenvalue weighted by molar-refractivity contribution is 5.54. The van der Waals surface area contributed by atoms with Crippen molar-refractivity contribution in [2.75, 3.05) is 24.2 Å². The number of hydrogen-bond acceptors (Lipinski definition) is 5. The summed E-state index contributed by atoms with van der Waals surface area (Å²) in [6.45, 7) is 3.84. The maximum absolute atomic E-state index is 5.83. The standard InChI is InChI=1S/C13H22N4O/c1-2-11-12(14)16-9-17-13(11)15-7-6-10-5-3-4-8-18-10/h9-10H,2-8H2,1H3,(H3,14,15,16,17). The van der Waals surface area contributed by atoms with Crippen LogP contribution in [0.2, 0.25) is 0 Å². The lowest BCUT2D eigenvalue weighted by molar-refractivity contribution is 0.0134. The molecule has 1 aromatic rings. The van der Waals surface area contributed by atoms with Gasteiger partial charge in [-0.05, 0) is 32.1 Å². The van der Waals surface area contributed by atoms with Gasteiger partial charge in [0, 0.05) is 18.7 Å². The smallest absolute Gasteiger partial charge is 0.134 e. The first-order valence-corrected chi connectivity index (χ1v) is 6.76. The molecule has 1 aromatic heterocycles. The largest absolute Gasteiger partial charge is 0.383 e. The van der Waals surface area contributed by atoms with Crippen molar-refractivity contribution < 1.29 is 4.74 Å². The Morgan fingerprint density at radius 1 is 1.44 bits per heavy atom. The second kappa shape index (κ2) is 6.54. The zero-order chi connectivity index (χ0) is 12.8. The quantitative estimate of drug-likeness (QED) is 0.836. The first-order valence-electron chi connectivity index (χ1n) is 6.76. The van der Waals surface area contributed by atoms with E-state index in [9.17, 15) is 0 Å². The number of anilines is 2. The van der Waals surface area contributed by atoms with Gasteiger partial charge in [-0.15, -0.1) is 0 Å². The molecule has 0 aromatic carbocycles. The van der Waals surface area contributed by atoms with Crippen LogP contribution in [0.15, 0.2) is 6.33 Å². The highest BCUT2D eigenvalue weighted by Gasteiger charge is 2.13. The predicted molar refractivity (Wildman–Crippen MR) is 72.5 cm³/mol. The number of nitrogens with one attached hydrogen (secondary N) is 1. The summed E-state index contributed by atoms with van der Waals surface area (Å²) < 4.78 is 5.70. The molecule has 2 rings (SSSR count). The van der Waals surface area contributed by atoms with Gasteiger partial charge in [-0.25, -0.2) is 9.97 Å². The summed E-state index contributed by atoms with van der Waals surface area (Å²) in [7, 11) is 0. The van der Waals surface area contributed by atoms with Gasteiger partial charge in [0.25, 0.3) is 0 Å². The minimum atomic E-state index is 0.399. The van der Waals surface area contributed by atoms with Crippen LogP contribution in [-0.4, -0.2) is 29.2 Å². The van der Waals surface area contributed by atoms with Crippen LogP contribution in [0, 0.1) is 0 Å². The van der Waals surface area contributed by atoms with Crippen LogP contribution in [0.4, 0.5) is 11.6 Å². The molecule has 1 unspecified atom stereocenters. The van der Waals surface area contributed by atoms with Crippen molar-refractivity contribution in [2.45, 2.75) is 45.1 Å². The normalized spacial score (nSPS) is 19.7. The second-order valence-electron chi connectivity index (χ2n) is 4.64. The summed E-state index contributed by atoms with van der Waals surface area (Å²) in [6, 6.07) is 0. The third-order valence-electron chi connectivity index (χ3n) is 3.36. The summed E-state index contributed by atoms with van der Waals surface area (Å²) in [6.07, 6.45) is 7.43.